The molecule has 2 rings (SSSR count). The van der Waals surface area contributed by atoms with E-state index in [4.69, 9.17) is 5.26 Å². The molecule has 0 aliphatic carbocycles. The molecule has 1 atom stereocenters. The number of hydrogen-bond acceptors (Lipinski definition) is 4. The Morgan fingerprint density at radius 1 is 1.33 bits per heavy atom. The molecule has 6 heteroatoms. The molecule has 0 radical (unpaired) electrons. The third-order valence-electron chi connectivity index (χ3n) is 3.71. The SMILES string of the molecule is N#Cc1ccc(CS(=O)(=O)NCCC2CCCNC2)cc1. The van der Waals surface area contributed by atoms with Crippen LogP contribution in [0.3, 0.4) is 0 Å². The number of piperidine rings is 1. The zero-order valence-corrected chi connectivity index (χ0v) is 12.8. The fraction of sp³-hybridized carbons (Fsp3) is 0.533. The van der Waals surface area contributed by atoms with E-state index in [1.807, 2.05) is 6.07 Å². The van der Waals surface area contributed by atoms with E-state index in [0.717, 1.165) is 19.5 Å². The van der Waals surface area contributed by atoms with Crippen LogP contribution in [0, 0.1) is 17.2 Å². The number of rotatable bonds is 6. The second-order valence-electron chi connectivity index (χ2n) is 5.46. The van der Waals surface area contributed by atoms with Crippen molar-refractivity contribution in [2.75, 3.05) is 19.6 Å². The Kier molecular flexibility index (Phi) is 5.74. The van der Waals surface area contributed by atoms with Gasteiger partial charge in [-0.25, -0.2) is 13.1 Å². The quantitative estimate of drug-likeness (QED) is 0.831. The lowest BCUT2D eigenvalue weighted by atomic mass is 9.96. The largest absolute Gasteiger partial charge is 0.316 e. The third-order valence-corrected chi connectivity index (χ3v) is 5.07. The number of hydrogen-bond donors (Lipinski definition) is 2. The second kappa shape index (κ2) is 7.55. The molecule has 1 unspecified atom stereocenters. The average molecular weight is 307 g/mol. The van der Waals surface area contributed by atoms with Crippen molar-refractivity contribution in [2.24, 2.45) is 5.92 Å². The van der Waals surface area contributed by atoms with Gasteiger partial charge in [0.25, 0.3) is 0 Å². The fourth-order valence-electron chi connectivity index (χ4n) is 2.53. The molecule has 0 saturated carbocycles. The van der Waals surface area contributed by atoms with Crippen LogP contribution in [0.5, 0.6) is 0 Å². The Morgan fingerprint density at radius 2 is 2.10 bits per heavy atom. The van der Waals surface area contributed by atoms with Crippen LogP contribution >= 0.6 is 0 Å². The Morgan fingerprint density at radius 3 is 2.71 bits per heavy atom. The summed E-state index contributed by atoms with van der Waals surface area (Å²) < 4.78 is 26.7. The van der Waals surface area contributed by atoms with Gasteiger partial charge in [0.1, 0.15) is 0 Å². The van der Waals surface area contributed by atoms with Gasteiger partial charge in [-0.15, -0.1) is 0 Å². The lowest BCUT2D eigenvalue weighted by molar-refractivity contribution is 0.358. The van der Waals surface area contributed by atoms with Crippen LogP contribution in [0.1, 0.15) is 30.4 Å². The Balaban J connectivity index is 1.79. The fourth-order valence-corrected chi connectivity index (χ4v) is 3.70. The molecule has 1 aromatic carbocycles. The normalized spacial score (nSPS) is 19.1. The molecular weight excluding hydrogens is 286 g/mol. The van der Waals surface area contributed by atoms with Gasteiger partial charge in [0.2, 0.25) is 10.0 Å². The van der Waals surface area contributed by atoms with Gasteiger partial charge in [-0.05, 0) is 56.0 Å². The monoisotopic (exact) mass is 307 g/mol. The van der Waals surface area contributed by atoms with Crippen molar-refractivity contribution in [3.63, 3.8) is 0 Å². The summed E-state index contributed by atoms with van der Waals surface area (Å²) >= 11 is 0. The van der Waals surface area contributed by atoms with Crippen molar-refractivity contribution < 1.29 is 8.42 Å². The molecule has 1 fully saturated rings. The zero-order chi connectivity index (χ0) is 15.1. The summed E-state index contributed by atoms with van der Waals surface area (Å²) in [6, 6.07) is 8.66. The van der Waals surface area contributed by atoms with Gasteiger partial charge in [-0.2, -0.15) is 5.26 Å². The maximum absolute atomic E-state index is 12.0. The van der Waals surface area contributed by atoms with E-state index >= 15 is 0 Å². The van der Waals surface area contributed by atoms with E-state index in [1.54, 1.807) is 24.3 Å². The van der Waals surface area contributed by atoms with Crippen LogP contribution in [-0.4, -0.2) is 28.1 Å². The number of nitrogens with zero attached hydrogens (tertiary/aromatic N) is 1. The predicted octanol–water partition coefficient (Wildman–Crippen LogP) is 1.37. The van der Waals surface area contributed by atoms with E-state index < -0.39 is 10.0 Å². The summed E-state index contributed by atoms with van der Waals surface area (Å²) in [5, 5.41) is 12.0. The third kappa shape index (κ3) is 5.46. The maximum Gasteiger partial charge on any atom is 0.215 e. The van der Waals surface area contributed by atoms with E-state index in [1.165, 1.54) is 12.8 Å². The topological polar surface area (TPSA) is 82.0 Å². The molecule has 114 valence electrons. The molecule has 0 amide bonds. The van der Waals surface area contributed by atoms with Crippen LogP contribution in [-0.2, 0) is 15.8 Å². The summed E-state index contributed by atoms with van der Waals surface area (Å²) in [6.07, 6.45) is 3.21. The minimum Gasteiger partial charge on any atom is -0.316 e. The van der Waals surface area contributed by atoms with Crippen LogP contribution in [0.4, 0.5) is 0 Å². The first-order valence-corrected chi connectivity index (χ1v) is 8.91. The molecule has 1 saturated heterocycles. The minimum absolute atomic E-state index is 0.0401. The highest BCUT2D eigenvalue weighted by Gasteiger charge is 2.15. The molecule has 1 aliphatic rings. The number of benzene rings is 1. The molecule has 0 aromatic heterocycles. The van der Waals surface area contributed by atoms with Crippen molar-refractivity contribution in [1.82, 2.24) is 10.0 Å². The molecular formula is C15H21N3O2S. The van der Waals surface area contributed by atoms with Crippen molar-refractivity contribution >= 4 is 10.0 Å². The highest BCUT2D eigenvalue weighted by molar-refractivity contribution is 7.88. The number of nitrogens with one attached hydrogen (secondary N) is 2. The number of nitriles is 1. The highest BCUT2D eigenvalue weighted by atomic mass is 32.2. The lowest BCUT2D eigenvalue weighted by Crippen LogP contribution is -2.33. The molecule has 5 nitrogen and oxygen atoms in total. The zero-order valence-electron chi connectivity index (χ0n) is 12.0. The Hall–Kier alpha value is -1.42. The Bertz CT molecular complexity index is 584. The van der Waals surface area contributed by atoms with Gasteiger partial charge in [0, 0.05) is 6.54 Å². The van der Waals surface area contributed by atoms with Crippen LogP contribution in [0.25, 0.3) is 0 Å². The van der Waals surface area contributed by atoms with E-state index in [0.29, 0.717) is 23.6 Å². The first-order chi connectivity index (χ1) is 10.1. The van der Waals surface area contributed by atoms with Crippen molar-refractivity contribution in [3.05, 3.63) is 35.4 Å². The van der Waals surface area contributed by atoms with Gasteiger partial charge in [0.15, 0.2) is 0 Å². The van der Waals surface area contributed by atoms with Crippen molar-refractivity contribution in [3.8, 4) is 6.07 Å². The first-order valence-electron chi connectivity index (χ1n) is 7.26. The van der Waals surface area contributed by atoms with Gasteiger partial charge in [0.05, 0.1) is 17.4 Å². The van der Waals surface area contributed by atoms with Crippen LogP contribution in [0.15, 0.2) is 24.3 Å². The minimum atomic E-state index is -3.31. The molecule has 21 heavy (non-hydrogen) atoms. The smallest absolute Gasteiger partial charge is 0.215 e. The van der Waals surface area contributed by atoms with E-state index in [9.17, 15) is 8.42 Å². The summed E-state index contributed by atoms with van der Waals surface area (Å²) in [4.78, 5) is 0. The van der Waals surface area contributed by atoms with Crippen LogP contribution in [0.2, 0.25) is 0 Å². The van der Waals surface area contributed by atoms with Crippen molar-refractivity contribution in [2.45, 2.75) is 25.0 Å². The highest BCUT2D eigenvalue weighted by Crippen LogP contribution is 2.13. The molecule has 1 aromatic rings. The molecule has 0 spiro atoms. The van der Waals surface area contributed by atoms with E-state index in [2.05, 4.69) is 10.0 Å². The second-order valence-corrected chi connectivity index (χ2v) is 7.27. The summed E-state index contributed by atoms with van der Waals surface area (Å²) in [5.41, 5.74) is 1.23. The van der Waals surface area contributed by atoms with Crippen molar-refractivity contribution in [1.29, 1.82) is 5.26 Å². The number of sulfonamides is 1. The maximum atomic E-state index is 12.0. The average Bonchev–Trinajstić information content (AvgIpc) is 2.48. The van der Waals surface area contributed by atoms with Gasteiger partial charge in [-0.3, -0.25) is 0 Å². The standard InChI is InChI=1S/C15H21N3O2S/c16-10-13-3-5-15(6-4-13)12-21(19,20)18-9-7-14-2-1-8-17-11-14/h3-6,14,17-18H,1-2,7-9,11-12H2. The summed E-state index contributed by atoms with van der Waals surface area (Å²) in [6.45, 7) is 2.54. The van der Waals surface area contributed by atoms with E-state index in [-0.39, 0.29) is 5.75 Å². The lowest BCUT2D eigenvalue weighted by Gasteiger charge is -2.22. The summed E-state index contributed by atoms with van der Waals surface area (Å²) in [5.74, 6) is 0.526. The summed E-state index contributed by atoms with van der Waals surface area (Å²) in [7, 11) is -3.31. The first kappa shape index (κ1) is 16.0. The molecule has 1 heterocycles. The van der Waals surface area contributed by atoms with Gasteiger partial charge < -0.3 is 5.32 Å². The molecule has 0 bridgehead atoms. The Labute approximate surface area is 126 Å². The predicted molar refractivity (Wildman–Crippen MR) is 82.0 cm³/mol. The molecule has 1 aliphatic heterocycles. The molecule has 2 N–H and O–H groups in total. The van der Waals surface area contributed by atoms with Gasteiger partial charge >= 0.3 is 0 Å². The van der Waals surface area contributed by atoms with Gasteiger partial charge in [-0.1, -0.05) is 12.1 Å². The van der Waals surface area contributed by atoms with Crippen LogP contribution < -0.4 is 10.0 Å².